The number of benzene rings is 1. The maximum atomic E-state index is 9.50. The first kappa shape index (κ1) is 8.32. The van der Waals surface area contributed by atoms with Gasteiger partial charge >= 0.3 is 0 Å². The molecule has 0 unspecified atom stereocenters. The predicted molar refractivity (Wildman–Crippen MR) is 50.4 cm³/mol. The number of aromatic nitrogens is 2. The van der Waals surface area contributed by atoms with E-state index in [2.05, 4.69) is 9.97 Å². The molecule has 1 heterocycles. The van der Waals surface area contributed by atoms with Crippen LogP contribution in [0.3, 0.4) is 0 Å². The molecule has 0 saturated heterocycles. The summed E-state index contributed by atoms with van der Waals surface area (Å²) in [7, 11) is 0. The van der Waals surface area contributed by atoms with Crippen molar-refractivity contribution >= 4 is 0 Å². The van der Waals surface area contributed by atoms with Gasteiger partial charge in [-0.05, 0) is 12.1 Å². The molecule has 4 nitrogen and oxygen atoms in total. The number of imidazole rings is 1. The van der Waals surface area contributed by atoms with Gasteiger partial charge in [-0.15, -0.1) is 0 Å². The van der Waals surface area contributed by atoms with Crippen LogP contribution >= 0.6 is 0 Å². The van der Waals surface area contributed by atoms with Crippen LogP contribution < -0.4 is 0 Å². The third kappa shape index (κ3) is 1.31. The van der Waals surface area contributed by atoms with Gasteiger partial charge in [0.05, 0.1) is 11.8 Å². The van der Waals surface area contributed by atoms with E-state index in [0.29, 0.717) is 17.1 Å². The molecule has 0 amide bonds. The topological polar surface area (TPSA) is 72.7 Å². The van der Waals surface area contributed by atoms with Crippen LogP contribution in [0.15, 0.2) is 30.5 Å². The molecule has 1 aromatic heterocycles. The van der Waals surface area contributed by atoms with Gasteiger partial charge in [-0.3, -0.25) is 0 Å². The molecule has 2 aromatic rings. The van der Waals surface area contributed by atoms with Gasteiger partial charge in [0.1, 0.15) is 23.3 Å². The first-order valence-corrected chi connectivity index (χ1v) is 4.05. The van der Waals surface area contributed by atoms with E-state index in [0.717, 1.165) is 0 Å². The lowest BCUT2D eigenvalue weighted by molar-refractivity contribution is 0.477. The fraction of sp³-hybridized carbons (Fsp3) is 0. The first-order valence-electron chi connectivity index (χ1n) is 4.05. The quantitative estimate of drug-likeness (QED) is 0.709. The predicted octanol–water partition coefficient (Wildman–Crippen LogP) is 1.65. The van der Waals surface area contributed by atoms with Crippen molar-refractivity contribution in [2.75, 3.05) is 0 Å². The Morgan fingerprint density at radius 3 is 2.79 bits per heavy atom. The normalized spacial score (nSPS) is 9.64. The molecule has 0 spiro atoms. The van der Waals surface area contributed by atoms with Crippen molar-refractivity contribution in [3.05, 3.63) is 36.2 Å². The van der Waals surface area contributed by atoms with Crippen LogP contribution in [-0.2, 0) is 0 Å². The van der Waals surface area contributed by atoms with Gasteiger partial charge < -0.3 is 10.1 Å². The monoisotopic (exact) mass is 185 g/mol. The molecule has 0 aliphatic rings. The number of aromatic amines is 1. The summed E-state index contributed by atoms with van der Waals surface area (Å²) in [6, 6.07) is 8.77. The van der Waals surface area contributed by atoms with Crippen LogP contribution in [0.25, 0.3) is 11.4 Å². The highest BCUT2D eigenvalue weighted by Crippen LogP contribution is 2.25. The zero-order valence-corrected chi connectivity index (χ0v) is 7.23. The van der Waals surface area contributed by atoms with E-state index in [-0.39, 0.29) is 5.75 Å². The Morgan fingerprint density at radius 2 is 2.14 bits per heavy atom. The van der Waals surface area contributed by atoms with Crippen LogP contribution in [0.5, 0.6) is 5.75 Å². The molecule has 68 valence electrons. The number of H-pyrrole nitrogens is 1. The fourth-order valence-electron chi connectivity index (χ4n) is 1.19. The highest BCUT2D eigenvalue weighted by Gasteiger charge is 2.06. The van der Waals surface area contributed by atoms with Crippen molar-refractivity contribution < 1.29 is 5.11 Å². The summed E-state index contributed by atoms with van der Waals surface area (Å²) in [5.41, 5.74) is 0.970. The number of nitrogens with one attached hydrogen (secondary N) is 1. The van der Waals surface area contributed by atoms with Crippen molar-refractivity contribution in [1.82, 2.24) is 9.97 Å². The Balaban J connectivity index is 2.51. The number of hydrogen-bond acceptors (Lipinski definition) is 3. The van der Waals surface area contributed by atoms with Crippen molar-refractivity contribution in [2.45, 2.75) is 0 Å². The van der Waals surface area contributed by atoms with E-state index in [1.165, 1.54) is 6.20 Å². The van der Waals surface area contributed by atoms with Crippen molar-refractivity contribution in [1.29, 1.82) is 5.26 Å². The Morgan fingerprint density at radius 1 is 1.36 bits per heavy atom. The molecule has 2 rings (SSSR count). The molecular formula is C10H7N3O. The second-order valence-electron chi connectivity index (χ2n) is 2.77. The van der Waals surface area contributed by atoms with Crippen LogP contribution in [0.1, 0.15) is 5.69 Å². The standard InChI is InChI=1S/C10H7N3O/c11-5-7-6-12-10(13-7)8-3-1-2-4-9(8)14/h1-4,6,14H,(H,12,13). The molecule has 1 aromatic carbocycles. The smallest absolute Gasteiger partial charge is 0.142 e. The van der Waals surface area contributed by atoms with Crippen molar-refractivity contribution in [3.8, 4) is 23.2 Å². The summed E-state index contributed by atoms with van der Waals surface area (Å²) < 4.78 is 0. The third-order valence-corrected chi connectivity index (χ3v) is 1.86. The number of para-hydroxylation sites is 1. The molecule has 2 N–H and O–H groups in total. The van der Waals surface area contributed by atoms with E-state index in [1.807, 2.05) is 6.07 Å². The highest BCUT2D eigenvalue weighted by molar-refractivity contribution is 5.63. The van der Waals surface area contributed by atoms with Gasteiger partial charge in [-0.25, -0.2) is 4.98 Å². The average Bonchev–Trinajstić information content (AvgIpc) is 2.67. The third-order valence-electron chi connectivity index (χ3n) is 1.86. The number of rotatable bonds is 1. The zero-order valence-electron chi connectivity index (χ0n) is 7.23. The van der Waals surface area contributed by atoms with Crippen molar-refractivity contribution in [2.24, 2.45) is 0 Å². The summed E-state index contributed by atoms with van der Waals surface area (Å²) in [6.07, 6.45) is 1.43. The van der Waals surface area contributed by atoms with Gasteiger partial charge in [0.2, 0.25) is 0 Å². The minimum absolute atomic E-state index is 0.145. The van der Waals surface area contributed by atoms with Gasteiger partial charge in [0.15, 0.2) is 0 Å². The molecule has 0 aliphatic carbocycles. The van der Waals surface area contributed by atoms with E-state index in [1.54, 1.807) is 24.3 Å². The summed E-state index contributed by atoms with van der Waals surface area (Å²) in [5, 5.41) is 18.1. The Hall–Kier alpha value is -2.28. The highest BCUT2D eigenvalue weighted by atomic mass is 16.3. The van der Waals surface area contributed by atoms with Crippen LogP contribution in [-0.4, -0.2) is 15.1 Å². The molecule has 0 radical (unpaired) electrons. The molecule has 0 bridgehead atoms. The minimum atomic E-state index is 0.145. The second-order valence-corrected chi connectivity index (χ2v) is 2.77. The van der Waals surface area contributed by atoms with E-state index < -0.39 is 0 Å². The molecule has 4 heteroatoms. The van der Waals surface area contributed by atoms with E-state index >= 15 is 0 Å². The maximum absolute atomic E-state index is 9.50. The van der Waals surface area contributed by atoms with Gasteiger partial charge in [-0.1, -0.05) is 12.1 Å². The first-order chi connectivity index (χ1) is 6.81. The van der Waals surface area contributed by atoms with Crippen LogP contribution in [0, 0.1) is 11.3 Å². The fourth-order valence-corrected chi connectivity index (χ4v) is 1.19. The second kappa shape index (κ2) is 3.23. The number of nitrogens with zero attached hydrogens (tertiary/aromatic N) is 2. The maximum Gasteiger partial charge on any atom is 0.142 e. The molecule has 0 saturated carbocycles. The largest absolute Gasteiger partial charge is 0.507 e. The number of nitriles is 1. The van der Waals surface area contributed by atoms with Crippen LogP contribution in [0.2, 0.25) is 0 Å². The number of hydrogen-bond donors (Lipinski definition) is 2. The molecule has 0 fully saturated rings. The number of phenolic OH excluding ortho intramolecular Hbond substituents is 1. The Labute approximate surface area is 80.5 Å². The summed E-state index contributed by atoms with van der Waals surface area (Å²) in [6.45, 7) is 0. The van der Waals surface area contributed by atoms with Gasteiger partial charge in [-0.2, -0.15) is 5.26 Å². The number of aromatic hydroxyl groups is 1. The molecular weight excluding hydrogens is 178 g/mol. The number of phenols is 1. The lowest BCUT2D eigenvalue weighted by atomic mass is 10.2. The lowest BCUT2D eigenvalue weighted by Crippen LogP contribution is -1.81. The summed E-state index contributed by atoms with van der Waals surface area (Å²) in [4.78, 5) is 6.77. The molecule has 0 atom stereocenters. The van der Waals surface area contributed by atoms with E-state index in [4.69, 9.17) is 5.26 Å². The lowest BCUT2D eigenvalue weighted by Gasteiger charge is -1.98. The SMILES string of the molecule is N#Cc1cnc(-c2ccccc2O)[nH]1. The van der Waals surface area contributed by atoms with Crippen molar-refractivity contribution in [3.63, 3.8) is 0 Å². The average molecular weight is 185 g/mol. The molecule has 14 heavy (non-hydrogen) atoms. The van der Waals surface area contributed by atoms with E-state index in [9.17, 15) is 5.11 Å². The van der Waals surface area contributed by atoms with Gasteiger partial charge in [0.25, 0.3) is 0 Å². The minimum Gasteiger partial charge on any atom is -0.507 e. The zero-order chi connectivity index (χ0) is 9.97. The molecule has 0 aliphatic heterocycles. The summed E-state index contributed by atoms with van der Waals surface area (Å²) >= 11 is 0. The Kier molecular flexibility index (Phi) is 1.92. The van der Waals surface area contributed by atoms with Crippen LogP contribution in [0.4, 0.5) is 0 Å². The Bertz CT molecular complexity index is 496. The van der Waals surface area contributed by atoms with Gasteiger partial charge in [0, 0.05) is 0 Å². The summed E-state index contributed by atoms with van der Waals surface area (Å²) in [5.74, 6) is 0.644.